The van der Waals surface area contributed by atoms with E-state index in [1.165, 1.54) is 0 Å². The van der Waals surface area contributed by atoms with E-state index in [4.69, 9.17) is 9.15 Å². The molecule has 0 saturated heterocycles. The predicted molar refractivity (Wildman–Crippen MR) is 46.5 cm³/mol. The van der Waals surface area contributed by atoms with E-state index in [9.17, 15) is 4.79 Å². The van der Waals surface area contributed by atoms with Crippen molar-refractivity contribution in [2.75, 3.05) is 6.61 Å². The number of hydrogen-bond donors (Lipinski definition) is 1. The lowest BCUT2D eigenvalue weighted by molar-refractivity contribution is 0.0520. The summed E-state index contributed by atoms with van der Waals surface area (Å²) in [6, 6.07) is 3.49. The zero-order valence-corrected chi connectivity index (χ0v) is 7.16. The summed E-state index contributed by atoms with van der Waals surface area (Å²) < 4.78 is 9.88. The molecular weight excluding hydrogens is 170 g/mol. The summed E-state index contributed by atoms with van der Waals surface area (Å²) in [5.74, 6) is -0.353. The molecule has 0 atom stereocenters. The van der Waals surface area contributed by atoms with E-state index in [0.717, 1.165) is 5.39 Å². The third-order valence-corrected chi connectivity index (χ3v) is 1.74. The van der Waals surface area contributed by atoms with Crippen LogP contribution >= 0.6 is 0 Å². The van der Waals surface area contributed by atoms with Gasteiger partial charge >= 0.3 is 5.97 Å². The van der Waals surface area contributed by atoms with Gasteiger partial charge in [0, 0.05) is 5.39 Å². The first kappa shape index (κ1) is 7.91. The Bertz CT molecular complexity index is 398. The molecule has 68 valence electrons. The fraction of sp³-hybridized carbons (Fsp3) is 0.222. The first-order valence-corrected chi connectivity index (χ1v) is 4.04. The summed E-state index contributed by atoms with van der Waals surface area (Å²) in [6.07, 6.45) is 1.57. The average molecular weight is 179 g/mol. The van der Waals surface area contributed by atoms with Crippen LogP contribution in [0.25, 0.3) is 11.1 Å². The van der Waals surface area contributed by atoms with Crippen molar-refractivity contribution in [2.45, 2.75) is 6.92 Å². The predicted octanol–water partition coefficient (Wildman–Crippen LogP) is 1.94. The number of carbonyl (C=O) groups excluding carboxylic acids is 1. The molecule has 0 saturated carbocycles. The van der Waals surface area contributed by atoms with Gasteiger partial charge in [-0.2, -0.15) is 0 Å². The second-order valence-corrected chi connectivity index (χ2v) is 2.61. The maximum absolute atomic E-state index is 11.2. The molecule has 4 nitrogen and oxygen atoms in total. The molecule has 4 heteroatoms. The second-order valence-electron chi connectivity index (χ2n) is 2.61. The van der Waals surface area contributed by atoms with Gasteiger partial charge in [-0.1, -0.05) is 0 Å². The van der Waals surface area contributed by atoms with Gasteiger partial charge in [-0.05, 0) is 19.1 Å². The van der Waals surface area contributed by atoms with E-state index in [-0.39, 0.29) is 5.97 Å². The van der Waals surface area contributed by atoms with Crippen LogP contribution in [-0.2, 0) is 4.74 Å². The lowest BCUT2D eigenvalue weighted by atomic mass is 10.3. The Balaban J connectivity index is 2.34. The van der Waals surface area contributed by atoms with Gasteiger partial charge in [-0.25, -0.2) is 4.79 Å². The molecule has 0 aliphatic carbocycles. The highest BCUT2D eigenvalue weighted by Gasteiger charge is 2.10. The van der Waals surface area contributed by atoms with Gasteiger partial charge in [0.2, 0.25) is 5.71 Å². The Morgan fingerprint density at radius 2 is 2.54 bits per heavy atom. The van der Waals surface area contributed by atoms with E-state index in [1.54, 1.807) is 25.3 Å². The average Bonchev–Trinajstić information content (AvgIpc) is 2.61. The highest BCUT2D eigenvalue weighted by atomic mass is 16.5. The standard InChI is InChI=1S/C9H9NO3/c1-2-12-9(11)7-5-6-3-4-13-8(6)10-7/h3-5,10H,2H2,1H3. The summed E-state index contributed by atoms with van der Waals surface area (Å²) in [5, 5.41) is 0.878. The van der Waals surface area contributed by atoms with E-state index in [1.807, 2.05) is 0 Å². The van der Waals surface area contributed by atoms with Gasteiger partial charge in [0.05, 0.1) is 12.9 Å². The van der Waals surface area contributed by atoms with Crippen LogP contribution < -0.4 is 0 Å². The lowest BCUT2D eigenvalue weighted by Gasteiger charge is -1.96. The minimum absolute atomic E-state index is 0.353. The highest BCUT2D eigenvalue weighted by molar-refractivity contribution is 5.93. The van der Waals surface area contributed by atoms with E-state index < -0.39 is 0 Å². The molecule has 0 radical (unpaired) electrons. The normalized spacial score (nSPS) is 10.5. The molecule has 2 aromatic heterocycles. The minimum Gasteiger partial charge on any atom is -0.461 e. The Kier molecular flexibility index (Phi) is 1.81. The number of aromatic amines is 1. The lowest BCUT2D eigenvalue weighted by Crippen LogP contribution is -2.04. The molecule has 0 amide bonds. The molecule has 2 heterocycles. The molecule has 13 heavy (non-hydrogen) atoms. The van der Waals surface area contributed by atoms with Gasteiger partial charge in [0.25, 0.3) is 0 Å². The zero-order chi connectivity index (χ0) is 9.26. The van der Waals surface area contributed by atoms with Gasteiger partial charge in [-0.15, -0.1) is 0 Å². The highest BCUT2D eigenvalue weighted by Crippen LogP contribution is 2.16. The molecule has 0 unspecified atom stereocenters. The Morgan fingerprint density at radius 1 is 1.69 bits per heavy atom. The van der Waals surface area contributed by atoms with Crippen LogP contribution in [0, 0.1) is 0 Å². The number of rotatable bonds is 2. The molecule has 0 aliphatic heterocycles. The second kappa shape index (κ2) is 2.97. The van der Waals surface area contributed by atoms with Crippen molar-refractivity contribution in [1.29, 1.82) is 0 Å². The maximum atomic E-state index is 11.2. The smallest absolute Gasteiger partial charge is 0.354 e. The third-order valence-electron chi connectivity index (χ3n) is 1.74. The molecule has 0 bridgehead atoms. The number of fused-ring (bicyclic) bond motifs is 1. The number of nitrogens with one attached hydrogen (secondary N) is 1. The Labute approximate surface area is 74.5 Å². The van der Waals surface area contributed by atoms with Gasteiger partial charge in [0.1, 0.15) is 5.69 Å². The van der Waals surface area contributed by atoms with Crippen molar-refractivity contribution in [2.24, 2.45) is 0 Å². The van der Waals surface area contributed by atoms with Crippen molar-refractivity contribution in [3.63, 3.8) is 0 Å². The van der Waals surface area contributed by atoms with Crippen molar-refractivity contribution in [1.82, 2.24) is 4.98 Å². The van der Waals surface area contributed by atoms with Gasteiger partial charge < -0.3 is 14.1 Å². The molecule has 2 aromatic rings. The number of furan rings is 1. The van der Waals surface area contributed by atoms with E-state index in [2.05, 4.69) is 4.98 Å². The molecule has 0 aliphatic rings. The third kappa shape index (κ3) is 1.30. The van der Waals surface area contributed by atoms with Crippen LogP contribution in [0.2, 0.25) is 0 Å². The number of hydrogen-bond acceptors (Lipinski definition) is 3. The number of esters is 1. The van der Waals surface area contributed by atoms with Crippen molar-refractivity contribution >= 4 is 17.1 Å². The van der Waals surface area contributed by atoms with Crippen LogP contribution in [0.5, 0.6) is 0 Å². The van der Waals surface area contributed by atoms with Crippen molar-refractivity contribution < 1.29 is 13.9 Å². The van der Waals surface area contributed by atoms with Crippen LogP contribution in [0.4, 0.5) is 0 Å². The quantitative estimate of drug-likeness (QED) is 0.716. The largest absolute Gasteiger partial charge is 0.461 e. The molecule has 1 N–H and O–H groups in total. The van der Waals surface area contributed by atoms with Gasteiger partial charge in [0.15, 0.2) is 0 Å². The molecule has 0 fully saturated rings. The van der Waals surface area contributed by atoms with Crippen molar-refractivity contribution in [3.05, 3.63) is 24.1 Å². The number of ether oxygens (including phenoxy) is 1. The number of aromatic nitrogens is 1. The van der Waals surface area contributed by atoms with E-state index >= 15 is 0 Å². The summed E-state index contributed by atoms with van der Waals surface area (Å²) in [6.45, 7) is 2.14. The number of carbonyl (C=O) groups is 1. The van der Waals surface area contributed by atoms with E-state index in [0.29, 0.717) is 18.0 Å². The zero-order valence-electron chi connectivity index (χ0n) is 7.16. The van der Waals surface area contributed by atoms with Gasteiger partial charge in [-0.3, -0.25) is 0 Å². The summed E-state index contributed by atoms with van der Waals surface area (Å²) in [7, 11) is 0. The molecule has 0 spiro atoms. The summed E-state index contributed by atoms with van der Waals surface area (Å²) in [4.78, 5) is 14.0. The van der Waals surface area contributed by atoms with Crippen LogP contribution in [0.3, 0.4) is 0 Å². The first-order valence-electron chi connectivity index (χ1n) is 4.04. The molecule has 2 rings (SSSR count). The van der Waals surface area contributed by atoms with Crippen LogP contribution in [-0.4, -0.2) is 17.6 Å². The Morgan fingerprint density at radius 3 is 3.23 bits per heavy atom. The van der Waals surface area contributed by atoms with Crippen LogP contribution in [0.15, 0.2) is 22.8 Å². The molecular formula is C9H9NO3. The summed E-state index contributed by atoms with van der Waals surface area (Å²) >= 11 is 0. The molecule has 0 aromatic carbocycles. The Hall–Kier alpha value is -1.71. The SMILES string of the molecule is CCOC(=O)c1cc2ccoc2[nH]1. The monoisotopic (exact) mass is 179 g/mol. The fourth-order valence-electron chi connectivity index (χ4n) is 1.17. The van der Waals surface area contributed by atoms with Crippen LogP contribution in [0.1, 0.15) is 17.4 Å². The fourth-order valence-corrected chi connectivity index (χ4v) is 1.17. The summed E-state index contributed by atoms with van der Waals surface area (Å²) in [5.41, 5.74) is 1.03. The first-order chi connectivity index (χ1) is 6.31. The topological polar surface area (TPSA) is 55.2 Å². The van der Waals surface area contributed by atoms with Crippen molar-refractivity contribution in [3.8, 4) is 0 Å². The number of H-pyrrole nitrogens is 1. The minimum atomic E-state index is -0.353. The maximum Gasteiger partial charge on any atom is 0.354 e.